The summed E-state index contributed by atoms with van der Waals surface area (Å²) in [6, 6.07) is 0. The molecule has 0 rings (SSSR count). The molecule has 0 fully saturated rings. The Morgan fingerprint density at radius 3 is 2.27 bits per heavy atom. The molecule has 62 valence electrons. The lowest BCUT2D eigenvalue weighted by molar-refractivity contribution is 1.19. The van der Waals surface area contributed by atoms with Crippen molar-refractivity contribution in [3.05, 3.63) is 34.9 Å². The summed E-state index contributed by atoms with van der Waals surface area (Å²) in [6.07, 6.45) is 4.81. The second-order valence-electron chi connectivity index (χ2n) is 2.60. The molecule has 0 N–H and O–H groups in total. The fraction of sp³-hybridized carbons (Fsp3) is 0.400. The summed E-state index contributed by atoms with van der Waals surface area (Å²) in [5, 5.41) is 0.880. The fourth-order valence-corrected chi connectivity index (χ4v) is 0.539. The minimum Gasteiger partial charge on any atom is -0.0958 e. The summed E-state index contributed by atoms with van der Waals surface area (Å²) in [5.41, 5.74) is 2.26. The molecule has 11 heavy (non-hydrogen) atoms. The Morgan fingerprint density at radius 2 is 1.91 bits per heavy atom. The molecule has 0 atom stereocenters. The number of rotatable bonds is 3. The Morgan fingerprint density at radius 1 is 1.36 bits per heavy atom. The van der Waals surface area contributed by atoms with Gasteiger partial charge in [0.2, 0.25) is 0 Å². The maximum absolute atomic E-state index is 5.80. The molecule has 0 aliphatic heterocycles. The van der Waals surface area contributed by atoms with E-state index in [0.29, 0.717) is 0 Å². The van der Waals surface area contributed by atoms with Crippen LogP contribution in [0.1, 0.15) is 27.2 Å². The Labute approximate surface area is 74.3 Å². The van der Waals surface area contributed by atoms with Crippen LogP contribution in [0.2, 0.25) is 0 Å². The van der Waals surface area contributed by atoms with E-state index in [0.717, 1.165) is 17.0 Å². The van der Waals surface area contributed by atoms with Gasteiger partial charge in [-0.3, -0.25) is 0 Å². The first kappa shape index (κ1) is 10.5. The summed E-state index contributed by atoms with van der Waals surface area (Å²) >= 11 is 5.80. The van der Waals surface area contributed by atoms with Crippen molar-refractivity contribution < 1.29 is 0 Å². The lowest BCUT2D eigenvalue weighted by Gasteiger charge is -1.95. The van der Waals surface area contributed by atoms with Gasteiger partial charge in [-0.25, -0.2) is 0 Å². The molecule has 0 aromatic carbocycles. The van der Waals surface area contributed by atoms with E-state index in [2.05, 4.69) is 6.58 Å². The smallest absolute Gasteiger partial charge is 0.0178 e. The van der Waals surface area contributed by atoms with E-state index in [9.17, 15) is 0 Å². The van der Waals surface area contributed by atoms with Gasteiger partial charge in [-0.15, -0.1) is 0 Å². The summed E-state index contributed by atoms with van der Waals surface area (Å²) in [6.45, 7) is 9.86. The Balaban J connectivity index is 4.22. The van der Waals surface area contributed by atoms with Gasteiger partial charge in [0.25, 0.3) is 0 Å². The standard InChI is InChI=1S/C10H15Cl/c1-5-10(11)7-6-9(4)8(2)3/h6-7H,2,5H2,1,3-4H3/b9-6-,10-7+. The highest BCUT2D eigenvalue weighted by atomic mass is 35.5. The molecule has 0 nitrogen and oxygen atoms in total. The fourth-order valence-electron chi connectivity index (χ4n) is 0.476. The lowest BCUT2D eigenvalue weighted by atomic mass is 10.1. The molecular weight excluding hydrogens is 156 g/mol. The first-order valence-corrected chi connectivity index (χ1v) is 4.14. The Kier molecular flexibility index (Phi) is 4.97. The van der Waals surface area contributed by atoms with Crippen LogP contribution in [0.4, 0.5) is 0 Å². The van der Waals surface area contributed by atoms with Crippen molar-refractivity contribution in [1.82, 2.24) is 0 Å². The summed E-state index contributed by atoms with van der Waals surface area (Å²) in [5.74, 6) is 0. The van der Waals surface area contributed by atoms with E-state index in [-0.39, 0.29) is 0 Å². The third kappa shape index (κ3) is 4.86. The second kappa shape index (κ2) is 5.20. The molecule has 0 amide bonds. The molecule has 0 heterocycles. The van der Waals surface area contributed by atoms with Crippen molar-refractivity contribution in [3.63, 3.8) is 0 Å². The average molecular weight is 171 g/mol. The van der Waals surface area contributed by atoms with E-state index in [1.807, 2.05) is 32.9 Å². The van der Waals surface area contributed by atoms with Gasteiger partial charge in [-0.05, 0) is 31.9 Å². The van der Waals surface area contributed by atoms with Gasteiger partial charge in [0.15, 0.2) is 0 Å². The third-order valence-corrected chi connectivity index (χ3v) is 1.92. The summed E-state index contributed by atoms with van der Waals surface area (Å²) in [7, 11) is 0. The van der Waals surface area contributed by atoms with Gasteiger partial charge in [0.1, 0.15) is 0 Å². The first-order valence-electron chi connectivity index (χ1n) is 3.76. The first-order chi connectivity index (χ1) is 5.07. The Hall–Kier alpha value is -0.490. The molecule has 0 saturated carbocycles. The van der Waals surface area contributed by atoms with E-state index < -0.39 is 0 Å². The van der Waals surface area contributed by atoms with Crippen LogP contribution in [0.15, 0.2) is 34.9 Å². The molecule has 0 bridgehead atoms. The van der Waals surface area contributed by atoms with Crippen LogP contribution in [-0.4, -0.2) is 0 Å². The molecule has 0 aromatic rings. The van der Waals surface area contributed by atoms with Crippen molar-refractivity contribution in [1.29, 1.82) is 0 Å². The predicted octanol–water partition coefficient (Wildman–Crippen LogP) is 4.04. The maximum atomic E-state index is 5.80. The lowest BCUT2D eigenvalue weighted by Crippen LogP contribution is -1.74. The summed E-state index contributed by atoms with van der Waals surface area (Å²) in [4.78, 5) is 0. The molecule has 0 aliphatic carbocycles. The van der Waals surface area contributed by atoms with Crippen LogP contribution in [0.5, 0.6) is 0 Å². The van der Waals surface area contributed by atoms with Gasteiger partial charge in [0, 0.05) is 5.03 Å². The number of allylic oxidation sites excluding steroid dienone is 5. The minimum absolute atomic E-state index is 0.880. The van der Waals surface area contributed by atoms with Crippen molar-refractivity contribution in [2.24, 2.45) is 0 Å². The highest BCUT2D eigenvalue weighted by Gasteiger charge is 1.87. The molecule has 0 aliphatic rings. The molecule has 0 unspecified atom stereocenters. The number of halogens is 1. The van der Waals surface area contributed by atoms with Crippen molar-refractivity contribution in [3.8, 4) is 0 Å². The van der Waals surface area contributed by atoms with Gasteiger partial charge in [-0.2, -0.15) is 0 Å². The van der Waals surface area contributed by atoms with Crippen LogP contribution in [0, 0.1) is 0 Å². The van der Waals surface area contributed by atoms with E-state index in [1.165, 1.54) is 5.57 Å². The van der Waals surface area contributed by atoms with Gasteiger partial charge in [-0.1, -0.05) is 36.8 Å². The summed E-state index contributed by atoms with van der Waals surface area (Å²) < 4.78 is 0. The monoisotopic (exact) mass is 170 g/mol. The van der Waals surface area contributed by atoms with Crippen LogP contribution in [0.3, 0.4) is 0 Å². The zero-order chi connectivity index (χ0) is 8.85. The molecule has 0 radical (unpaired) electrons. The number of hydrogen-bond donors (Lipinski definition) is 0. The Bertz CT molecular complexity index is 197. The normalized spacial score (nSPS) is 13.5. The molecule has 1 heteroatoms. The van der Waals surface area contributed by atoms with Gasteiger partial charge >= 0.3 is 0 Å². The number of hydrogen-bond acceptors (Lipinski definition) is 0. The second-order valence-corrected chi connectivity index (χ2v) is 3.08. The van der Waals surface area contributed by atoms with Gasteiger partial charge < -0.3 is 0 Å². The third-order valence-electron chi connectivity index (χ3n) is 1.53. The molecule has 0 aromatic heterocycles. The topological polar surface area (TPSA) is 0 Å². The highest BCUT2D eigenvalue weighted by Crippen LogP contribution is 2.09. The minimum atomic E-state index is 0.880. The van der Waals surface area contributed by atoms with Crippen molar-refractivity contribution >= 4 is 11.6 Å². The zero-order valence-electron chi connectivity index (χ0n) is 7.45. The highest BCUT2D eigenvalue weighted by molar-refractivity contribution is 6.29. The molecular formula is C10H15Cl. The zero-order valence-corrected chi connectivity index (χ0v) is 8.20. The van der Waals surface area contributed by atoms with E-state index in [4.69, 9.17) is 11.6 Å². The van der Waals surface area contributed by atoms with Crippen LogP contribution >= 0.6 is 11.6 Å². The molecule has 0 saturated heterocycles. The van der Waals surface area contributed by atoms with Gasteiger partial charge in [0.05, 0.1) is 0 Å². The van der Waals surface area contributed by atoms with Crippen molar-refractivity contribution in [2.75, 3.05) is 0 Å². The van der Waals surface area contributed by atoms with Crippen LogP contribution < -0.4 is 0 Å². The molecule has 0 spiro atoms. The SMILES string of the molecule is C=C(C)/C(C)=C\C=C(\Cl)CC. The van der Waals surface area contributed by atoms with Crippen molar-refractivity contribution in [2.45, 2.75) is 27.2 Å². The van der Waals surface area contributed by atoms with E-state index in [1.54, 1.807) is 0 Å². The maximum Gasteiger partial charge on any atom is 0.0178 e. The predicted molar refractivity (Wildman–Crippen MR) is 52.8 cm³/mol. The quantitative estimate of drug-likeness (QED) is 0.561. The largest absolute Gasteiger partial charge is 0.0958 e. The van der Waals surface area contributed by atoms with Crippen LogP contribution in [0.25, 0.3) is 0 Å². The van der Waals surface area contributed by atoms with E-state index >= 15 is 0 Å². The average Bonchev–Trinajstić information content (AvgIpc) is 1.99. The van der Waals surface area contributed by atoms with Crippen LogP contribution in [-0.2, 0) is 0 Å².